The predicted octanol–water partition coefficient (Wildman–Crippen LogP) is 3.91. The standard InChI is InChI=1S/C13H13Cl2N3O2S/c1-6-7(2)20-13(17-6)21-5-11(19)18-12-9(15)3-8(14)4-10(12)16/h3-4H,5,16H2,1-2H3,(H,18,19). The number of amides is 1. The zero-order chi connectivity index (χ0) is 15.6. The van der Waals surface area contributed by atoms with Gasteiger partial charge in [-0.1, -0.05) is 35.0 Å². The Bertz CT molecular complexity index is 646. The summed E-state index contributed by atoms with van der Waals surface area (Å²) in [6.07, 6.45) is 0. The van der Waals surface area contributed by atoms with Gasteiger partial charge in [-0.3, -0.25) is 4.79 Å². The molecule has 1 aromatic carbocycles. The summed E-state index contributed by atoms with van der Waals surface area (Å²) in [5.41, 5.74) is 7.25. The van der Waals surface area contributed by atoms with Gasteiger partial charge in [0, 0.05) is 5.02 Å². The molecule has 3 N–H and O–H groups in total. The van der Waals surface area contributed by atoms with E-state index in [1.54, 1.807) is 0 Å². The van der Waals surface area contributed by atoms with Gasteiger partial charge in [-0.05, 0) is 26.0 Å². The number of thioether (sulfide) groups is 1. The van der Waals surface area contributed by atoms with Crippen LogP contribution in [0, 0.1) is 13.8 Å². The lowest BCUT2D eigenvalue weighted by Crippen LogP contribution is -2.15. The van der Waals surface area contributed by atoms with Gasteiger partial charge in [-0.25, -0.2) is 4.98 Å². The number of nitrogens with two attached hydrogens (primary N) is 1. The van der Waals surface area contributed by atoms with E-state index in [0.717, 1.165) is 11.5 Å². The molecule has 8 heteroatoms. The van der Waals surface area contributed by atoms with E-state index in [9.17, 15) is 4.79 Å². The Kier molecular flexibility index (Phi) is 5.03. The Balaban J connectivity index is 1.99. The maximum absolute atomic E-state index is 11.9. The minimum Gasteiger partial charge on any atom is -0.437 e. The van der Waals surface area contributed by atoms with Crippen LogP contribution in [0.25, 0.3) is 0 Å². The molecule has 0 radical (unpaired) electrons. The fraction of sp³-hybridized carbons (Fsp3) is 0.231. The van der Waals surface area contributed by atoms with E-state index < -0.39 is 0 Å². The van der Waals surface area contributed by atoms with Crippen LogP contribution < -0.4 is 11.1 Å². The van der Waals surface area contributed by atoms with Crippen LogP contribution in [0.4, 0.5) is 11.4 Å². The molecule has 0 spiro atoms. The molecular weight excluding hydrogens is 333 g/mol. The largest absolute Gasteiger partial charge is 0.437 e. The van der Waals surface area contributed by atoms with E-state index in [4.69, 9.17) is 33.4 Å². The summed E-state index contributed by atoms with van der Waals surface area (Å²) in [6.45, 7) is 3.66. The van der Waals surface area contributed by atoms with E-state index in [-0.39, 0.29) is 11.7 Å². The van der Waals surface area contributed by atoms with Crippen molar-refractivity contribution in [2.24, 2.45) is 0 Å². The molecule has 0 aliphatic rings. The van der Waals surface area contributed by atoms with E-state index in [1.165, 1.54) is 23.9 Å². The maximum Gasteiger partial charge on any atom is 0.256 e. The number of benzene rings is 1. The summed E-state index contributed by atoms with van der Waals surface area (Å²) in [4.78, 5) is 16.1. The summed E-state index contributed by atoms with van der Waals surface area (Å²) in [6, 6.07) is 3.04. The van der Waals surface area contributed by atoms with E-state index in [2.05, 4.69) is 10.3 Å². The lowest BCUT2D eigenvalue weighted by molar-refractivity contribution is -0.113. The molecule has 0 aliphatic heterocycles. The number of halogens is 2. The molecule has 1 amide bonds. The number of aromatic nitrogens is 1. The highest BCUT2D eigenvalue weighted by molar-refractivity contribution is 7.99. The molecule has 21 heavy (non-hydrogen) atoms. The van der Waals surface area contributed by atoms with Crippen LogP contribution in [0.15, 0.2) is 21.8 Å². The topological polar surface area (TPSA) is 81.2 Å². The van der Waals surface area contributed by atoms with Crippen molar-refractivity contribution < 1.29 is 9.21 Å². The fourth-order valence-corrected chi connectivity index (χ4v) is 2.80. The summed E-state index contributed by atoms with van der Waals surface area (Å²) < 4.78 is 5.38. The van der Waals surface area contributed by atoms with Gasteiger partial charge >= 0.3 is 0 Å². The number of aryl methyl sites for hydroxylation is 2. The Morgan fingerprint density at radius 3 is 2.71 bits per heavy atom. The van der Waals surface area contributed by atoms with Crippen molar-refractivity contribution in [3.8, 4) is 0 Å². The molecule has 5 nitrogen and oxygen atoms in total. The van der Waals surface area contributed by atoms with Crippen molar-refractivity contribution >= 4 is 52.2 Å². The van der Waals surface area contributed by atoms with Crippen LogP contribution >= 0.6 is 35.0 Å². The zero-order valence-corrected chi connectivity index (χ0v) is 13.7. The highest BCUT2D eigenvalue weighted by Gasteiger charge is 2.13. The van der Waals surface area contributed by atoms with Crippen molar-refractivity contribution in [3.05, 3.63) is 33.6 Å². The molecule has 0 atom stereocenters. The van der Waals surface area contributed by atoms with Crippen molar-refractivity contribution in [2.75, 3.05) is 16.8 Å². The van der Waals surface area contributed by atoms with Crippen molar-refractivity contribution in [1.29, 1.82) is 0 Å². The molecule has 2 rings (SSSR count). The smallest absolute Gasteiger partial charge is 0.256 e. The van der Waals surface area contributed by atoms with Crippen LogP contribution in [0.2, 0.25) is 10.0 Å². The van der Waals surface area contributed by atoms with Gasteiger partial charge in [0.15, 0.2) is 0 Å². The van der Waals surface area contributed by atoms with Crippen LogP contribution in [-0.2, 0) is 4.79 Å². The highest BCUT2D eigenvalue weighted by Crippen LogP contribution is 2.32. The third-order valence-electron chi connectivity index (χ3n) is 2.69. The molecule has 0 saturated heterocycles. The third kappa shape index (κ3) is 4.06. The predicted molar refractivity (Wildman–Crippen MR) is 86.2 cm³/mol. The first-order chi connectivity index (χ1) is 9.86. The molecule has 2 aromatic rings. The Morgan fingerprint density at radius 2 is 2.14 bits per heavy atom. The second-order valence-electron chi connectivity index (χ2n) is 4.31. The molecule has 0 unspecified atom stereocenters. The van der Waals surface area contributed by atoms with Gasteiger partial charge in [-0.15, -0.1) is 0 Å². The van der Waals surface area contributed by atoms with Crippen LogP contribution in [0.3, 0.4) is 0 Å². The van der Waals surface area contributed by atoms with Gasteiger partial charge in [0.1, 0.15) is 5.76 Å². The Hall–Kier alpha value is -1.37. The summed E-state index contributed by atoms with van der Waals surface area (Å²) >= 11 is 13.0. The van der Waals surface area contributed by atoms with E-state index in [0.29, 0.717) is 26.6 Å². The number of nitrogens with one attached hydrogen (secondary N) is 1. The molecule has 0 fully saturated rings. The van der Waals surface area contributed by atoms with E-state index in [1.807, 2.05) is 13.8 Å². The minimum absolute atomic E-state index is 0.137. The number of rotatable bonds is 4. The maximum atomic E-state index is 11.9. The monoisotopic (exact) mass is 345 g/mol. The van der Waals surface area contributed by atoms with Crippen LogP contribution in [-0.4, -0.2) is 16.6 Å². The van der Waals surface area contributed by atoms with Gasteiger partial charge in [-0.2, -0.15) is 0 Å². The van der Waals surface area contributed by atoms with Crippen LogP contribution in [0.1, 0.15) is 11.5 Å². The number of nitrogen functional groups attached to an aromatic ring is 1. The van der Waals surface area contributed by atoms with Gasteiger partial charge < -0.3 is 15.5 Å². The number of carbonyl (C=O) groups excluding carboxylic acids is 1. The van der Waals surface area contributed by atoms with Crippen molar-refractivity contribution in [2.45, 2.75) is 19.1 Å². The third-order valence-corrected chi connectivity index (χ3v) is 4.03. The highest BCUT2D eigenvalue weighted by atomic mass is 35.5. The number of carbonyl (C=O) groups is 1. The second-order valence-corrected chi connectivity index (χ2v) is 6.08. The normalized spacial score (nSPS) is 10.7. The van der Waals surface area contributed by atoms with Crippen LogP contribution in [0.5, 0.6) is 0 Å². The number of anilines is 2. The second kappa shape index (κ2) is 6.60. The van der Waals surface area contributed by atoms with Crippen molar-refractivity contribution in [1.82, 2.24) is 4.98 Å². The quantitative estimate of drug-likeness (QED) is 0.648. The average molecular weight is 346 g/mol. The first-order valence-corrected chi connectivity index (χ1v) is 7.72. The first kappa shape index (κ1) is 16.0. The molecular formula is C13H13Cl2N3O2S. The zero-order valence-electron chi connectivity index (χ0n) is 11.4. The molecule has 112 valence electrons. The summed E-state index contributed by atoms with van der Waals surface area (Å²) in [5.74, 6) is 0.616. The molecule has 0 bridgehead atoms. The number of hydrogen-bond donors (Lipinski definition) is 2. The number of nitrogens with zero attached hydrogens (tertiary/aromatic N) is 1. The Labute approximate surface area is 136 Å². The lowest BCUT2D eigenvalue weighted by Gasteiger charge is -2.10. The van der Waals surface area contributed by atoms with Gasteiger partial charge in [0.05, 0.1) is 27.8 Å². The summed E-state index contributed by atoms with van der Waals surface area (Å²) in [5, 5.41) is 3.81. The van der Waals surface area contributed by atoms with E-state index >= 15 is 0 Å². The number of oxazole rings is 1. The fourth-order valence-electron chi connectivity index (χ4n) is 1.53. The first-order valence-electron chi connectivity index (χ1n) is 5.98. The lowest BCUT2D eigenvalue weighted by atomic mass is 10.2. The number of hydrogen-bond acceptors (Lipinski definition) is 5. The Morgan fingerprint density at radius 1 is 1.43 bits per heavy atom. The van der Waals surface area contributed by atoms with Gasteiger partial charge in [0.2, 0.25) is 5.91 Å². The molecule has 0 saturated carbocycles. The van der Waals surface area contributed by atoms with Crippen molar-refractivity contribution in [3.63, 3.8) is 0 Å². The minimum atomic E-state index is -0.260. The molecule has 0 aliphatic carbocycles. The average Bonchev–Trinajstić information content (AvgIpc) is 2.71. The SMILES string of the molecule is Cc1nc(SCC(=O)Nc2c(N)cc(Cl)cc2Cl)oc1C. The molecule has 1 heterocycles. The summed E-state index contributed by atoms with van der Waals surface area (Å²) in [7, 11) is 0. The molecule has 1 aromatic heterocycles. The van der Waals surface area contributed by atoms with Gasteiger partial charge in [0.25, 0.3) is 5.22 Å².